The van der Waals surface area contributed by atoms with Gasteiger partial charge in [-0.05, 0) is 6.92 Å². The van der Waals surface area contributed by atoms with Crippen LogP contribution in [0.1, 0.15) is 5.69 Å². The van der Waals surface area contributed by atoms with Crippen LogP contribution >= 0.6 is 0 Å². The molecule has 0 spiro atoms. The molecule has 0 radical (unpaired) electrons. The number of rotatable bonds is 2. The molecule has 6 heteroatoms. The van der Waals surface area contributed by atoms with Gasteiger partial charge in [-0.2, -0.15) is 0 Å². The minimum atomic E-state index is -0.473. The van der Waals surface area contributed by atoms with Gasteiger partial charge in [-0.25, -0.2) is 14.8 Å². The third kappa shape index (κ3) is 2.63. The predicted octanol–water partition coefficient (Wildman–Crippen LogP) is -0.155. The molecule has 6 nitrogen and oxygen atoms in total. The first-order valence-electron chi connectivity index (χ1n) is 4.72. The molecule has 2 heterocycles. The Kier molecular flexibility index (Phi) is 2.77. The van der Waals surface area contributed by atoms with Crippen LogP contribution in [0.15, 0.2) is 12.4 Å². The summed E-state index contributed by atoms with van der Waals surface area (Å²) in [6.45, 7) is 3.39. The summed E-state index contributed by atoms with van der Waals surface area (Å²) in [5.41, 5.74) is 0.762. The van der Waals surface area contributed by atoms with Gasteiger partial charge in [-0.15, -0.1) is 0 Å². The molecule has 80 valence electrons. The van der Waals surface area contributed by atoms with Gasteiger partial charge in [0.05, 0.1) is 6.04 Å². The highest BCUT2D eigenvalue weighted by Crippen LogP contribution is 2.05. The second-order valence-electron chi connectivity index (χ2n) is 3.39. The number of hydrogen-bond donors (Lipinski definition) is 2. The van der Waals surface area contributed by atoms with E-state index in [4.69, 9.17) is 4.74 Å². The van der Waals surface area contributed by atoms with Crippen molar-refractivity contribution in [3.05, 3.63) is 18.1 Å². The molecular weight excluding hydrogens is 196 g/mol. The molecule has 1 saturated heterocycles. The van der Waals surface area contributed by atoms with Crippen LogP contribution in [-0.2, 0) is 0 Å². The largest absolute Gasteiger partial charge is 0.414 e. The number of amides is 1. The van der Waals surface area contributed by atoms with E-state index in [2.05, 4.69) is 20.6 Å². The van der Waals surface area contributed by atoms with E-state index in [0.717, 1.165) is 18.8 Å². The smallest absolute Gasteiger partial charge is 0.391 e. The standard InChI is InChI=1S/C9H12N4O2/c1-6-2-8(12-5-11-6)15-9(14)13-7-3-10-4-7/h2,5,7,10H,3-4H2,1H3,(H,13,14). The summed E-state index contributed by atoms with van der Waals surface area (Å²) in [6, 6.07) is 1.78. The maximum absolute atomic E-state index is 11.3. The highest BCUT2D eigenvalue weighted by molar-refractivity contribution is 5.70. The lowest BCUT2D eigenvalue weighted by Gasteiger charge is -2.27. The van der Waals surface area contributed by atoms with Gasteiger partial charge in [0.25, 0.3) is 0 Å². The Morgan fingerprint density at radius 1 is 1.60 bits per heavy atom. The van der Waals surface area contributed by atoms with E-state index in [1.807, 2.05) is 6.92 Å². The average Bonchev–Trinajstić information content (AvgIpc) is 2.11. The van der Waals surface area contributed by atoms with Crippen molar-refractivity contribution in [3.8, 4) is 5.88 Å². The first kappa shape index (κ1) is 9.85. The summed E-state index contributed by atoms with van der Waals surface area (Å²) in [7, 11) is 0. The van der Waals surface area contributed by atoms with Crippen molar-refractivity contribution in [3.63, 3.8) is 0 Å². The molecule has 1 aliphatic heterocycles. The van der Waals surface area contributed by atoms with Crippen LogP contribution in [-0.4, -0.2) is 35.2 Å². The first-order chi connectivity index (χ1) is 7.24. The molecule has 0 bridgehead atoms. The third-order valence-corrected chi connectivity index (χ3v) is 2.08. The van der Waals surface area contributed by atoms with Gasteiger partial charge in [-0.3, -0.25) is 0 Å². The Bertz CT molecular complexity index is 365. The van der Waals surface area contributed by atoms with Gasteiger partial charge >= 0.3 is 6.09 Å². The lowest BCUT2D eigenvalue weighted by molar-refractivity contribution is 0.189. The summed E-state index contributed by atoms with van der Waals surface area (Å²) in [6.07, 6.45) is 0.891. The van der Waals surface area contributed by atoms with Gasteiger partial charge in [0.15, 0.2) is 0 Å². The number of nitrogens with zero attached hydrogens (tertiary/aromatic N) is 2. The molecule has 0 atom stereocenters. The lowest BCUT2D eigenvalue weighted by Crippen LogP contribution is -2.57. The van der Waals surface area contributed by atoms with Gasteiger partial charge in [-0.1, -0.05) is 0 Å². The Morgan fingerprint density at radius 3 is 3.00 bits per heavy atom. The van der Waals surface area contributed by atoms with Crippen molar-refractivity contribution in [2.75, 3.05) is 13.1 Å². The topological polar surface area (TPSA) is 76.1 Å². The average molecular weight is 208 g/mol. The summed E-state index contributed by atoms with van der Waals surface area (Å²) in [4.78, 5) is 19.0. The zero-order valence-corrected chi connectivity index (χ0v) is 8.36. The van der Waals surface area contributed by atoms with Gasteiger partial charge in [0.2, 0.25) is 5.88 Å². The quantitative estimate of drug-likeness (QED) is 0.706. The fourth-order valence-corrected chi connectivity index (χ4v) is 1.17. The number of aryl methyl sites for hydroxylation is 1. The molecule has 0 aliphatic carbocycles. The van der Waals surface area contributed by atoms with Crippen molar-refractivity contribution in [1.82, 2.24) is 20.6 Å². The van der Waals surface area contributed by atoms with Crippen molar-refractivity contribution >= 4 is 6.09 Å². The molecular formula is C9H12N4O2. The molecule has 0 saturated carbocycles. The number of carbonyl (C=O) groups is 1. The van der Waals surface area contributed by atoms with Crippen LogP contribution in [0.4, 0.5) is 4.79 Å². The Morgan fingerprint density at radius 2 is 2.40 bits per heavy atom. The van der Waals surface area contributed by atoms with E-state index in [0.29, 0.717) is 0 Å². The van der Waals surface area contributed by atoms with E-state index in [-0.39, 0.29) is 11.9 Å². The SMILES string of the molecule is Cc1cc(OC(=O)NC2CNC2)ncn1. The van der Waals surface area contributed by atoms with E-state index >= 15 is 0 Å². The molecule has 15 heavy (non-hydrogen) atoms. The number of carbonyl (C=O) groups excluding carboxylic acids is 1. The van der Waals surface area contributed by atoms with E-state index < -0.39 is 6.09 Å². The number of nitrogens with one attached hydrogen (secondary N) is 2. The maximum Gasteiger partial charge on any atom is 0.414 e. The molecule has 1 aromatic heterocycles. The number of ether oxygens (including phenoxy) is 1. The van der Waals surface area contributed by atoms with E-state index in [1.165, 1.54) is 6.33 Å². The van der Waals surface area contributed by atoms with Gasteiger partial charge < -0.3 is 15.4 Å². The predicted molar refractivity (Wildman–Crippen MR) is 52.6 cm³/mol. The van der Waals surface area contributed by atoms with Crippen LogP contribution in [0.5, 0.6) is 5.88 Å². The van der Waals surface area contributed by atoms with Crippen LogP contribution in [0, 0.1) is 6.92 Å². The second kappa shape index (κ2) is 4.22. The zero-order chi connectivity index (χ0) is 10.7. The Hall–Kier alpha value is -1.69. The summed E-state index contributed by atoms with van der Waals surface area (Å²) >= 11 is 0. The van der Waals surface area contributed by atoms with Gasteiger partial charge in [0.1, 0.15) is 6.33 Å². The monoisotopic (exact) mass is 208 g/mol. The van der Waals surface area contributed by atoms with Crippen LogP contribution < -0.4 is 15.4 Å². The highest BCUT2D eigenvalue weighted by atomic mass is 16.6. The molecule has 1 amide bonds. The van der Waals surface area contributed by atoms with Crippen molar-refractivity contribution < 1.29 is 9.53 Å². The minimum Gasteiger partial charge on any atom is -0.391 e. The molecule has 1 fully saturated rings. The highest BCUT2D eigenvalue weighted by Gasteiger charge is 2.19. The maximum atomic E-state index is 11.3. The molecule has 1 aliphatic rings. The summed E-state index contributed by atoms with van der Waals surface area (Å²) < 4.78 is 4.97. The van der Waals surface area contributed by atoms with Crippen LogP contribution in [0.2, 0.25) is 0 Å². The lowest BCUT2D eigenvalue weighted by atomic mass is 10.2. The van der Waals surface area contributed by atoms with E-state index in [1.54, 1.807) is 6.07 Å². The van der Waals surface area contributed by atoms with Crippen molar-refractivity contribution in [1.29, 1.82) is 0 Å². The molecule has 0 aromatic carbocycles. The van der Waals surface area contributed by atoms with Gasteiger partial charge in [0, 0.05) is 24.8 Å². The van der Waals surface area contributed by atoms with Crippen LogP contribution in [0.3, 0.4) is 0 Å². The van der Waals surface area contributed by atoms with Crippen LogP contribution in [0.25, 0.3) is 0 Å². The molecule has 2 rings (SSSR count). The summed E-state index contributed by atoms with van der Waals surface area (Å²) in [5.74, 6) is 0.271. The van der Waals surface area contributed by atoms with Crippen molar-refractivity contribution in [2.24, 2.45) is 0 Å². The fraction of sp³-hybridized carbons (Fsp3) is 0.444. The minimum absolute atomic E-state index is 0.167. The van der Waals surface area contributed by atoms with Crippen molar-refractivity contribution in [2.45, 2.75) is 13.0 Å². The number of aromatic nitrogens is 2. The molecule has 2 N–H and O–H groups in total. The Balaban J connectivity index is 1.87. The second-order valence-corrected chi connectivity index (χ2v) is 3.39. The third-order valence-electron chi connectivity index (χ3n) is 2.08. The normalized spacial score (nSPS) is 15.5. The van der Waals surface area contributed by atoms with E-state index in [9.17, 15) is 4.79 Å². The molecule has 1 aromatic rings. The first-order valence-corrected chi connectivity index (χ1v) is 4.72. The fourth-order valence-electron chi connectivity index (χ4n) is 1.17. The summed E-state index contributed by atoms with van der Waals surface area (Å²) in [5, 5.41) is 5.74. The Labute approximate surface area is 87.1 Å². The zero-order valence-electron chi connectivity index (χ0n) is 8.36. The number of hydrogen-bond acceptors (Lipinski definition) is 5. The molecule has 0 unspecified atom stereocenters.